The van der Waals surface area contributed by atoms with Crippen LogP contribution in [0.3, 0.4) is 0 Å². The first-order chi connectivity index (χ1) is 14.2. The fourth-order valence-corrected chi connectivity index (χ4v) is 4.29. The van der Waals surface area contributed by atoms with Gasteiger partial charge in [-0.25, -0.2) is 8.42 Å². The van der Waals surface area contributed by atoms with E-state index in [0.29, 0.717) is 23.8 Å². The molecule has 0 saturated heterocycles. The van der Waals surface area contributed by atoms with Crippen molar-refractivity contribution in [2.75, 3.05) is 24.2 Å². The van der Waals surface area contributed by atoms with Crippen LogP contribution >= 0.6 is 0 Å². The summed E-state index contributed by atoms with van der Waals surface area (Å²) in [6.45, 7) is 4.47. The third-order valence-electron chi connectivity index (χ3n) is 4.75. The van der Waals surface area contributed by atoms with Gasteiger partial charge in [0, 0.05) is 19.0 Å². The highest BCUT2D eigenvalue weighted by molar-refractivity contribution is 7.92. The first-order valence-electron chi connectivity index (χ1n) is 10.2. The second-order valence-corrected chi connectivity index (χ2v) is 9.71. The van der Waals surface area contributed by atoms with Crippen LogP contribution in [0.5, 0.6) is 5.75 Å². The minimum atomic E-state index is -3.48. The van der Waals surface area contributed by atoms with Gasteiger partial charge < -0.3 is 10.1 Å². The number of nitrogens with one attached hydrogen (secondary N) is 1. The van der Waals surface area contributed by atoms with Gasteiger partial charge in [-0.1, -0.05) is 50.2 Å². The number of amides is 1. The second-order valence-electron chi connectivity index (χ2n) is 7.80. The number of carbonyl (C=O) groups excluding carboxylic acids is 1. The Hall–Kier alpha value is -2.54. The Morgan fingerprint density at radius 1 is 1.10 bits per heavy atom. The van der Waals surface area contributed by atoms with Gasteiger partial charge in [-0.3, -0.25) is 9.10 Å². The van der Waals surface area contributed by atoms with E-state index in [1.165, 1.54) is 17.7 Å². The summed E-state index contributed by atoms with van der Waals surface area (Å²) >= 11 is 0. The first kappa shape index (κ1) is 23.7. The van der Waals surface area contributed by atoms with Crippen molar-refractivity contribution in [3.8, 4) is 5.75 Å². The quantitative estimate of drug-likeness (QED) is 0.579. The number of nitrogens with zero attached hydrogens (tertiary/aromatic N) is 1. The number of anilines is 1. The van der Waals surface area contributed by atoms with Crippen LogP contribution in [0.15, 0.2) is 54.6 Å². The van der Waals surface area contributed by atoms with Gasteiger partial charge in [0.15, 0.2) is 0 Å². The molecule has 2 rings (SSSR count). The fraction of sp³-hybridized carbons (Fsp3) is 0.435. The van der Waals surface area contributed by atoms with Crippen LogP contribution in [-0.4, -0.2) is 34.2 Å². The van der Waals surface area contributed by atoms with Gasteiger partial charge in [-0.2, -0.15) is 0 Å². The maximum Gasteiger partial charge on any atom is 0.232 e. The van der Waals surface area contributed by atoms with E-state index in [-0.39, 0.29) is 24.9 Å². The largest absolute Gasteiger partial charge is 0.497 e. The lowest BCUT2D eigenvalue weighted by Crippen LogP contribution is -2.33. The molecular formula is C23H32N2O4S. The number of hydrogen-bond acceptors (Lipinski definition) is 4. The van der Waals surface area contributed by atoms with Crippen molar-refractivity contribution in [2.45, 2.75) is 39.2 Å². The smallest absolute Gasteiger partial charge is 0.232 e. The molecule has 0 aliphatic carbocycles. The average Bonchev–Trinajstić information content (AvgIpc) is 2.70. The number of carbonyl (C=O) groups is 1. The van der Waals surface area contributed by atoms with Crippen LogP contribution in [0.1, 0.15) is 44.7 Å². The van der Waals surface area contributed by atoms with E-state index in [1.54, 1.807) is 24.3 Å². The van der Waals surface area contributed by atoms with E-state index in [2.05, 4.69) is 19.2 Å². The molecule has 1 amide bonds. The molecule has 0 unspecified atom stereocenters. The Balaban J connectivity index is 2.00. The molecule has 0 aliphatic heterocycles. The van der Waals surface area contributed by atoms with Gasteiger partial charge in [-0.05, 0) is 36.5 Å². The minimum Gasteiger partial charge on any atom is -0.497 e. The molecule has 7 heteroatoms. The summed E-state index contributed by atoms with van der Waals surface area (Å²) in [6.07, 6.45) is 2.67. The van der Waals surface area contributed by atoms with E-state index in [1.807, 2.05) is 30.3 Å². The molecule has 0 spiro atoms. The van der Waals surface area contributed by atoms with Gasteiger partial charge in [-0.15, -0.1) is 0 Å². The number of ether oxygens (including phenoxy) is 1. The third-order valence-corrected chi connectivity index (χ3v) is 5.95. The second kappa shape index (κ2) is 11.0. The molecule has 0 aliphatic rings. The van der Waals surface area contributed by atoms with E-state index < -0.39 is 10.0 Å². The van der Waals surface area contributed by atoms with E-state index in [0.717, 1.165) is 12.0 Å². The van der Waals surface area contributed by atoms with Crippen molar-refractivity contribution in [3.05, 3.63) is 60.2 Å². The van der Waals surface area contributed by atoms with Crippen LogP contribution in [0, 0.1) is 5.92 Å². The summed E-state index contributed by atoms with van der Waals surface area (Å²) < 4.78 is 31.1. The Bertz CT molecular complexity index is 914. The standard InChI is InChI=1S/C23H32N2O4S/c1-18(2)16-22(19-10-6-5-7-11-19)24-23(26)14-9-15-25(30(4,27)28)20-12-8-13-21(17-20)29-3/h5-8,10-13,17-18,22H,9,14-16H2,1-4H3,(H,24,26)/t22-/m0/s1. The highest BCUT2D eigenvalue weighted by atomic mass is 32.2. The zero-order valence-electron chi connectivity index (χ0n) is 18.2. The predicted molar refractivity (Wildman–Crippen MR) is 121 cm³/mol. The van der Waals surface area contributed by atoms with Crippen LogP contribution in [-0.2, 0) is 14.8 Å². The Morgan fingerprint density at radius 3 is 2.40 bits per heavy atom. The fourth-order valence-electron chi connectivity index (χ4n) is 3.34. The molecule has 6 nitrogen and oxygen atoms in total. The van der Waals surface area contributed by atoms with Crippen LogP contribution in [0.2, 0.25) is 0 Å². The zero-order chi connectivity index (χ0) is 22.1. The predicted octanol–water partition coefficient (Wildman–Crippen LogP) is 4.15. The molecular weight excluding hydrogens is 400 g/mol. The number of rotatable bonds is 11. The molecule has 30 heavy (non-hydrogen) atoms. The number of hydrogen-bond donors (Lipinski definition) is 1. The molecule has 0 heterocycles. The van der Waals surface area contributed by atoms with Gasteiger partial charge in [0.2, 0.25) is 15.9 Å². The minimum absolute atomic E-state index is 0.0527. The first-order valence-corrected chi connectivity index (χ1v) is 12.0. The molecule has 1 N–H and O–H groups in total. The Morgan fingerprint density at radius 2 is 1.80 bits per heavy atom. The molecule has 2 aromatic rings. The summed E-state index contributed by atoms with van der Waals surface area (Å²) in [5.74, 6) is 0.936. The van der Waals surface area contributed by atoms with Crippen LogP contribution < -0.4 is 14.4 Å². The summed E-state index contributed by atoms with van der Waals surface area (Å²) in [5, 5.41) is 3.11. The third kappa shape index (κ3) is 7.37. The van der Waals surface area contributed by atoms with Crippen molar-refractivity contribution in [1.82, 2.24) is 5.32 Å². The van der Waals surface area contributed by atoms with Crippen molar-refractivity contribution in [2.24, 2.45) is 5.92 Å². The number of benzene rings is 2. The maximum absolute atomic E-state index is 12.6. The van der Waals surface area contributed by atoms with Gasteiger partial charge >= 0.3 is 0 Å². The monoisotopic (exact) mass is 432 g/mol. The van der Waals surface area contributed by atoms with Crippen molar-refractivity contribution in [3.63, 3.8) is 0 Å². The molecule has 0 bridgehead atoms. The molecule has 2 aromatic carbocycles. The van der Waals surface area contributed by atoms with Gasteiger partial charge in [0.05, 0.1) is 25.1 Å². The van der Waals surface area contributed by atoms with Crippen molar-refractivity contribution >= 4 is 21.6 Å². The zero-order valence-corrected chi connectivity index (χ0v) is 19.0. The lowest BCUT2D eigenvalue weighted by Gasteiger charge is -2.24. The van der Waals surface area contributed by atoms with Gasteiger partial charge in [0.25, 0.3) is 0 Å². The summed E-state index contributed by atoms with van der Waals surface area (Å²) in [4.78, 5) is 12.6. The Kier molecular flexibility index (Phi) is 8.72. The number of methoxy groups -OCH3 is 1. The molecule has 1 atom stereocenters. The summed E-state index contributed by atoms with van der Waals surface area (Å²) in [6, 6.07) is 16.8. The topological polar surface area (TPSA) is 75.7 Å². The molecule has 0 saturated carbocycles. The molecule has 0 aromatic heterocycles. The van der Waals surface area contributed by atoms with Gasteiger partial charge in [0.1, 0.15) is 5.75 Å². The molecule has 164 valence electrons. The SMILES string of the molecule is COc1cccc(N(CCCC(=O)N[C@@H](CC(C)C)c2ccccc2)S(C)(=O)=O)c1. The van der Waals surface area contributed by atoms with E-state index >= 15 is 0 Å². The summed E-state index contributed by atoms with van der Waals surface area (Å²) in [5.41, 5.74) is 1.60. The van der Waals surface area contributed by atoms with Crippen molar-refractivity contribution < 1.29 is 17.9 Å². The average molecular weight is 433 g/mol. The molecule has 0 fully saturated rings. The lowest BCUT2D eigenvalue weighted by atomic mass is 9.97. The van der Waals surface area contributed by atoms with E-state index in [9.17, 15) is 13.2 Å². The lowest BCUT2D eigenvalue weighted by molar-refractivity contribution is -0.122. The highest BCUT2D eigenvalue weighted by Gasteiger charge is 2.20. The molecule has 0 radical (unpaired) electrons. The highest BCUT2D eigenvalue weighted by Crippen LogP contribution is 2.24. The van der Waals surface area contributed by atoms with Crippen LogP contribution in [0.4, 0.5) is 5.69 Å². The van der Waals surface area contributed by atoms with Crippen molar-refractivity contribution in [1.29, 1.82) is 0 Å². The normalized spacial score (nSPS) is 12.4. The number of sulfonamides is 1. The maximum atomic E-state index is 12.6. The van der Waals surface area contributed by atoms with E-state index in [4.69, 9.17) is 4.74 Å². The summed E-state index contributed by atoms with van der Waals surface area (Å²) in [7, 11) is -1.94. The van der Waals surface area contributed by atoms with Crippen LogP contribution in [0.25, 0.3) is 0 Å². The Labute approximate surface area is 180 Å².